The fourth-order valence-electron chi connectivity index (χ4n) is 5.82. The van der Waals surface area contributed by atoms with Gasteiger partial charge in [-0.3, -0.25) is 4.90 Å². The highest BCUT2D eigenvalue weighted by molar-refractivity contribution is 5.92. The lowest BCUT2D eigenvalue weighted by molar-refractivity contribution is -0.0687. The van der Waals surface area contributed by atoms with E-state index in [2.05, 4.69) is 15.5 Å². The van der Waals surface area contributed by atoms with Crippen molar-refractivity contribution < 1.29 is 28.5 Å². The van der Waals surface area contributed by atoms with E-state index in [1.54, 1.807) is 31.4 Å². The molecule has 8 nitrogen and oxygen atoms in total. The number of aromatic carboxylic acids is 1. The number of ether oxygens (including phenoxy) is 3. The van der Waals surface area contributed by atoms with E-state index in [4.69, 9.17) is 19.2 Å². The highest BCUT2D eigenvalue weighted by atomic mass is 19.1. The molecular formula is C31H32FN3O5. The van der Waals surface area contributed by atoms with Crippen molar-refractivity contribution in [2.75, 3.05) is 26.8 Å². The van der Waals surface area contributed by atoms with Crippen LogP contribution in [0.5, 0.6) is 11.5 Å². The molecule has 3 aromatic carbocycles. The van der Waals surface area contributed by atoms with Gasteiger partial charge >= 0.3 is 5.97 Å². The fourth-order valence-corrected chi connectivity index (χ4v) is 5.82. The number of carboxylic acid groups (broad SMARTS) is 1. The Morgan fingerprint density at radius 3 is 2.67 bits per heavy atom. The van der Waals surface area contributed by atoms with Crippen molar-refractivity contribution in [3.8, 4) is 11.5 Å². The van der Waals surface area contributed by atoms with Crippen molar-refractivity contribution in [1.29, 1.82) is 0 Å². The van der Waals surface area contributed by atoms with Gasteiger partial charge in [0, 0.05) is 31.7 Å². The van der Waals surface area contributed by atoms with Crippen LogP contribution in [0.25, 0.3) is 11.0 Å². The summed E-state index contributed by atoms with van der Waals surface area (Å²) < 4.78 is 33.9. The summed E-state index contributed by atoms with van der Waals surface area (Å²) >= 11 is 0. The van der Waals surface area contributed by atoms with E-state index in [1.807, 2.05) is 25.1 Å². The van der Waals surface area contributed by atoms with Crippen LogP contribution in [-0.4, -0.2) is 52.3 Å². The lowest BCUT2D eigenvalue weighted by atomic mass is 9.88. The van der Waals surface area contributed by atoms with Gasteiger partial charge in [-0.25, -0.2) is 14.2 Å². The summed E-state index contributed by atoms with van der Waals surface area (Å²) in [5.74, 6) is 0.257. The smallest absolute Gasteiger partial charge is 0.335 e. The largest absolute Gasteiger partial charge is 0.478 e. The minimum absolute atomic E-state index is 0.244. The summed E-state index contributed by atoms with van der Waals surface area (Å²) in [5, 5.41) is 9.46. The van der Waals surface area contributed by atoms with Gasteiger partial charge in [0.15, 0.2) is 11.5 Å². The molecule has 208 valence electrons. The average molecular weight is 546 g/mol. The van der Waals surface area contributed by atoms with Crippen molar-refractivity contribution in [2.24, 2.45) is 0 Å². The van der Waals surface area contributed by atoms with Gasteiger partial charge in [-0.15, -0.1) is 0 Å². The Bertz CT molecular complexity index is 1560. The number of halogens is 1. The predicted molar refractivity (Wildman–Crippen MR) is 147 cm³/mol. The molecule has 0 amide bonds. The topological polar surface area (TPSA) is 86.0 Å². The number of fused-ring (bicyclic) bond motifs is 2. The van der Waals surface area contributed by atoms with Crippen molar-refractivity contribution in [2.45, 2.75) is 44.6 Å². The van der Waals surface area contributed by atoms with Gasteiger partial charge < -0.3 is 23.9 Å². The SMILES string of the molecule is COCCn1c(CN2CCC(c3cccc4c3OC(C)(c3cccc(F)c3)O4)CC2)nc2ccc(C(=O)O)cc21. The second kappa shape index (κ2) is 10.6. The average Bonchev–Trinajstić information content (AvgIpc) is 3.48. The van der Waals surface area contributed by atoms with Gasteiger partial charge in [0.05, 0.1) is 29.7 Å². The quantitative estimate of drug-likeness (QED) is 0.311. The van der Waals surface area contributed by atoms with Crippen LogP contribution >= 0.6 is 0 Å². The first-order chi connectivity index (χ1) is 19.3. The molecule has 0 spiro atoms. The van der Waals surface area contributed by atoms with Crippen molar-refractivity contribution in [3.63, 3.8) is 0 Å². The Hall–Kier alpha value is -3.95. The molecule has 0 aliphatic carbocycles. The summed E-state index contributed by atoms with van der Waals surface area (Å²) in [4.78, 5) is 18.8. The van der Waals surface area contributed by atoms with E-state index in [0.29, 0.717) is 36.9 Å². The molecule has 1 aromatic heterocycles. The van der Waals surface area contributed by atoms with Gasteiger partial charge in [0.1, 0.15) is 11.6 Å². The summed E-state index contributed by atoms with van der Waals surface area (Å²) in [6.07, 6.45) is 1.88. The molecule has 40 heavy (non-hydrogen) atoms. The van der Waals surface area contributed by atoms with Crippen LogP contribution in [0.15, 0.2) is 60.7 Å². The molecule has 1 unspecified atom stereocenters. The number of imidazole rings is 1. The highest BCUT2D eigenvalue weighted by Gasteiger charge is 2.41. The van der Waals surface area contributed by atoms with E-state index >= 15 is 0 Å². The number of nitrogens with zero attached hydrogens (tertiary/aromatic N) is 3. The standard InChI is InChI=1S/C31H32FN3O5/c1-31(22-5-3-6-23(32)18-22)39-27-8-4-7-24(29(27)40-31)20-11-13-34(14-12-20)19-28-33-25-10-9-21(30(36)37)17-26(25)35(28)15-16-38-2/h3-10,17-18,20H,11-16,19H2,1-2H3,(H,36,37). The van der Waals surface area contributed by atoms with Gasteiger partial charge in [-0.1, -0.05) is 24.3 Å². The minimum Gasteiger partial charge on any atom is -0.478 e. The van der Waals surface area contributed by atoms with E-state index in [1.165, 1.54) is 12.1 Å². The fraction of sp³-hybridized carbons (Fsp3) is 0.355. The van der Waals surface area contributed by atoms with Gasteiger partial charge in [-0.05, 0) is 68.2 Å². The maximum absolute atomic E-state index is 13.9. The number of hydrogen-bond donors (Lipinski definition) is 1. The number of hydrogen-bond acceptors (Lipinski definition) is 6. The Balaban J connectivity index is 1.18. The molecule has 3 heterocycles. The molecule has 0 bridgehead atoms. The summed E-state index contributed by atoms with van der Waals surface area (Å²) in [7, 11) is 1.65. The normalized spacial score (nSPS) is 19.4. The number of aromatic nitrogens is 2. The third kappa shape index (κ3) is 4.91. The van der Waals surface area contributed by atoms with E-state index in [9.17, 15) is 14.3 Å². The number of para-hydroxylation sites is 1. The van der Waals surface area contributed by atoms with Crippen molar-refractivity contribution >= 4 is 17.0 Å². The molecule has 4 aromatic rings. The molecule has 1 atom stereocenters. The Morgan fingerprint density at radius 1 is 1.12 bits per heavy atom. The highest BCUT2D eigenvalue weighted by Crippen LogP contribution is 2.49. The van der Waals surface area contributed by atoms with Crippen molar-refractivity contribution in [1.82, 2.24) is 14.5 Å². The third-order valence-corrected chi connectivity index (χ3v) is 7.95. The van der Waals surface area contributed by atoms with E-state index in [-0.39, 0.29) is 11.4 Å². The molecule has 2 aliphatic rings. The molecule has 1 N–H and O–H groups in total. The monoisotopic (exact) mass is 545 g/mol. The number of piperidine rings is 1. The van der Waals surface area contributed by atoms with Gasteiger partial charge in [0.2, 0.25) is 0 Å². The van der Waals surface area contributed by atoms with Crippen LogP contribution in [0.3, 0.4) is 0 Å². The third-order valence-electron chi connectivity index (χ3n) is 7.95. The van der Waals surface area contributed by atoms with E-state index in [0.717, 1.165) is 54.1 Å². The van der Waals surface area contributed by atoms with Crippen LogP contribution in [0.4, 0.5) is 4.39 Å². The zero-order valence-corrected chi connectivity index (χ0v) is 22.6. The number of methoxy groups -OCH3 is 1. The number of carboxylic acids is 1. The van der Waals surface area contributed by atoms with Crippen LogP contribution in [0.1, 0.15) is 53.0 Å². The first kappa shape index (κ1) is 26.3. The molecule has 0 radical (unpaired) electrons. The summed E-state index contributed by atoms with van der Waals surface area (Å²) in [6.45, 7) is 5.35. The Morgan fingerprint density at radius 2 is 1.93 bits per heavy atom. The maximum atomic E-state index is 13.9. The molecule has 9 heteroatoms. The van der Waals surface area contributed by atoms with Gasteiger partial charge in [0.25, 0.3) is 5.79 Å². The molecule has 2 aliphatic heterocycles. The zero-order valence-electron chi connectivity index (χ0n) is 22.6. The zero-order chi connectivity index (χ0) is 27.9. The van der Waals surface area contributed by atoms with Crippen LogP contribution in [-0.2, 0) is 23.6 Å². The summed E-state index contributed by atoms with van der Waals surface area (Å²) in [6, 6.07) is 17.4. The van der Waals surface area contributed by atoms with Crippen LogP contribution in [0.2, 0.25) is 0 Å². The lowest BCUT2D eigenvalue weighted by Crippen LogP contribution is -2.34. The maximum Gasteiger partial charge on any atom is 0.335 e. The van der Waals surface area contributed by atoms with Gasteiger partial charge in [-0.2, -0.15) is 0 Å². The second-order valence-electron chi connectivity index (χ2n) is 10.6. The molecule has 0 saturated carbocycles. The van der Waals surface area contributed by atoms with Crippen LogP contribution in [0, 0.1) is 5.82 Å². The number of likely N-dealkylation sites (tertiary alicyclic amines) is 1. The first-order valence-corrected chi connectivity index (χ1v) is 13.6. The number of rotatable bonds is 8. The van der Waals surface area contributed by atoms with E-state index < -0.39 is 11.8 Å². The molecule has 1 fully saturated rings. The molecular weight excluding hydrogens is 513 g/mol. The second-order valence-corrected chi connectivity index (χ2v) is 10.6. The number of carbonyl (C=O) groups is 1. The number of benzene rings is 3. The predicted octanol–water partition coefficient (Wildman–Crippen LogP) is 5.54. The van der Waals surface area contributed by atoms with Crippen molar-refractivity contribution in [3.05, 3.63) is 89.0 Å². The lowest BCUT2D eigenvalue weighted by Gasteiger charge is -2.32. The minimum atomic E-state index is -1.08. The molecule has 6 rings (SSSR count). The molecule has 1 saturated heterocycles. The first-order valence-electron chi connectivity index (χ1n) is 13.6. The summed E-state index contributed by atoms with van der Waals surface area (Å²) in [5.41, 5.74) is 3.58. The Kier molecular flexibility index (Phi) is 6.93. The Labute approximate surface area is 231 Å². The van der Waals surface area contributed by atoms with Crippen LogP contribution < -0.4 is 9.47 Å².